The number of ketones is 1. The van der Waals surface area contributed by atoms with Gasteiger partial charge in [-0.3, -0.25) is 9.59 Å². The van der Waals surface area contributed by atoms with Crippen LogP contribution in [-0.2, 0) is 9.59 Å². The van der Waals surface area contributed by atoms with Crippen molar-refractivity contribution >= 4 is 23.5 Å². The largest absolute Gasteiger partial charge is 0.480 e. The molecule has 15 heavy (non-hydrogen) atoms. The molecule has 0 aromatic heterocycles. The summed E-state index contributed by atoms with van der Waals surface area (Å²) in [5.74, 6) is 0.434. The molecule has 3 unspecified atom stereocenters. The second-order valence-electron chi connectivity index (χ2n) is 4.49. The fourth-order valence-corrected chi connectivity index (χ4v) is 3.82. The molecule has 1 aliphatic carbocycles. The quantitative estimate of drug-likeness (QED) is 0.745. The summed E-state index contributed by atoms with van der Waals surface area (Å²) >= 11 is 1.32. The van der Waals surface area contributed by atoms with E-state index in [9.17, 15) is 9.59 Å². The Hall–Kier alpha value is -0.510. The van der Waals surface area contributed by atoms with Crippen molar-refractivity contribution in [3.05, 3.63) is 0 Å². The third kappa shape index (κ3) is 2.36. The third-order valence-electron chi connectivity index (χ3n) is 3.54. The number of carboxylic acid groups (broad SMARTS) is 1. The first kappa shape index (κ1) is 11.0. The van der Waals surface area contributed by atoms with Crippen molar-refractivity contribution in [1.82, 2.24) is 0 Å². The highest BCUT2D eigenvalue weighted by Crippen LogP contribution is 2.39. The summed E-state index contributed by atoms with van der Waals surface area (Å²) in [4.78, 5) is 22.8. The molecule has 1 saturated carbocycles. The zero-order chi connectivity index (χ0) is 10.8. The van der Waals surface area contributed by atoms with Crippen molar-refractivity contribution < 1.29 is 14.7 Å². The van der Waals surface area contributed by atoms with E-state index in [4.69, 9.17) is 5.11 Å². The molecule has 4 heteroatoms. The highest BCUT2D eigenvalue weighted by Gasteiger charge is 2.37. The topological polar surface area (TPSA) is 54.4 Å². The van der Waals surface area contributed by atoms with E-state index in [0.717, 1.165) is 25.7 Å². The van der Waals surface area contributed by atoms with Gasteiger partial charge in [0.2, 0.25) is 0 Å². The van der Waals surface area contributed by atoms with E-state index in [1.54, 1.807) is 0 Å². The van der Waals surface area contributed by atoms with Gasteiger partial charge < -0.3 is 5.11 Å². The Morgan fingerprint density at radius 3 is 2.80 bits per heavy atom. The molecule has 3 nitrogen and oxygen atoms in total. The van der Waals surface area contributed by atoms with E-state index in [1.807, 2.05) is 0 Å². The van der Waals surface area contributed by atoms with Crippen LogP contribution < -0.4 is 0 Å². The minimum atomic E-state index is -0.751. The fourth-order valence-electron chi connectivity index (χ4n) is 2.72. The summed E-state index contributed by atoms with van der Waals surface area (Å²) in [6, 6.07) is 0. The number of carbonyl (C=O) groups excluding carboxylic acids is 1. The average molecular weight is 228 g/mol. The number of rotatable bonds is 1. The van der Waals surface area contributed by atoms with Crippen LogP contribution in [0.2, 0.25) is 0 Å². The molecule has 1 heterocycles. The van der Waals surface area contributed by atoms with Crippen LogP contribution in [0.5, 0.6) is 0 Å². The van der Waals surface area contributed by atoms with Gasteiger partial charge in [-0.15, -0.1) is 11.8 Å². The van der Waals surface area contributed by atoms with Gasteiger partial charge in [0.05, 0.1) is 5.75 Å². The molecule has 1 saturated heterocycles. The van der Waals surface area contributed by atoms with Crippen LogP contribution in [0.3, 0.4) is 0 Å². The lowest BCUT2D eigenvalue weighted by Crippen LogP contribution is -2.28. The standard InChI is InChI=1S/C11H16O3S/c12-9-6-15-10(11(13)14)5-7-3-1-2-4-8(7)9/h7-8,10H,1-6H2,(H,13,14). The van der Waals surface area contributed by atoms with E-state index in [0.29, 0.717) is 18.1 Å². The maximum absolute atomic E-state index is 11.8. The Morgan fingerprint density at radius 2 is 2.07 bits per heavy atom. The van der Waals surface area contributed by atoms with Gasteiger partial charge in [0.1, 0.15) is 11.0 Å². The zero-order valence-electron chi connectivity index (χ0n) is 8.65. The first-order valence-electron chi connectivity index (χ1n) is 5.55. The monoisotopic (exact) mass is 228 g/mol. The predicted octanol–water partition coefficient (Wildman–Crippen LogP) is 1.95. The van der Waals surface area contributed by atoms with Gasteiger partial charge in [-0.2, -0.15) is 0 Å². The number of carbonyl (C=O) groups is 2. The number of aliphatic carboxylic acids is 1. The summed E-state index contributed by atoms with van der Waals surface area (Å²) in [6.45, 7) is 0. The minimum Gasteiger partial charge on any atom is -0.480 e. The molecular formula is C11H16O3S. The predicted molar refractivity (Wildman–Crippen MR) is 59.0 cm³/mol. The highest BCUT2D eigenvalue weighted by molar-refractivity contribution is 8.01. The first-order valence-corrected chi connectivity index (χ1v) is 6.60. The van der Waals surface area contributed by atoms with Gasteiger partial charge in [-0.05, 0) is 25.2 Å². The van der Waals surface area contributed by atoms with Crippen molar-refractivity contribution in [2.24, 2.45) is 11.8 Å². The smallest absolute Gasteiger partial charge is 0.316 e. The maximum atomic E-state index is 11.8. The summed E-state index contributed by atoms with van der Waals surface area (Å²) in [7, 11) is 0. The second kappa shape index (κ2) is 4.56. The summed E-state index contributed by atoms with van der Waals surface area (Å²) in [6.07, 6.45) is 5.01. The van der Waals surface area contributed by atoms with Gasteiger partial charge in [0.15, 0.2) is 0 Å². The van der Waals surface area contributed by atoms with Gasteiger partial charge in [0, 0.05) is 5.92 Å². The van der Waals surface area contributed by atoms with Gasteiger partial charge >= 0.3 is 5.97 Å². The Kier molecular flexibility index (Phi) is 3.34. The van der Waals surface area contributed by atoms with Gasteiger partial charge in [-0.1, -0.05) is 12.8 Å². The summed E-state index contributed by atoms with van der Waals surface area (Å²) < 4.78 is 0. The Bertz CT molecular complexity index is 277. The number of thioether (sulfide) groups is 1. The minimum absolute atomic E-state index is 0.163. The lowest BCUT2D eigenvalue weighted by molar-refractivity contribution is -0.137. The van der Waals surface area contributed by atoms with Crippen LogP contribution in [0.25, 0.3) is 0 Å². The lowest BCUT2D eigenvalue weighted by Gasteiger charge is -2.28. The number of hydrogen-bond acceptors (Lipinski definition) is 3. The van der Waals surface area contributed by atoms with Crippen molar-refractivity contribution in [2.45, 2.75) is 37.4 Å². The van der Waals surface area contributed by atoms with Gasteiger partial charge in [-0.25, -0.2) is 0 Å². The van der Waals surface area contributed by atoms with Crippen molar-refractivity contribution in [3.63, 3.8) is 0 Å². The zero-order valence-corrected chi connectivity index (χ0v) is 9.46. The highest BCUT2D eigenvalue weighted by atomic mass is 32.2. The average Bonchev–Trinajstić information content (AvgIpc) is 2.39. The molecule has 0 radical (unpaired) electrons. The van der Waals surface area contributed by atoms with Crippen LogP contribution in [-0.4, -0.2) is 27.9 Å². The van der Waals surface area contributed by atoms with Crippen LogP contribution in [0.1, 0.15) is 32.1 Å². The van der Waals surface area contributed by atoms with E-state index in [-0.39, 0.29) is 17.0 Å². The van der Waals surface area contributed by atoms with Crippen molar-refractivity contribution in [3.8, 4) is 0 Å². The third-order valence-corrected chi connectivity index (χ3v) is 4.79. The van der Waals surface area contributed by atoms with E-state index >= 15 is 0 Å². The van der Waals surface area contributed by atoms with Crippen LogP contribution in [0.4, 0.5) is 0 Å². The maximum Gasteiger partial charge on any atom is 0.316 e. The molecule has 0 amide bonds. The number of hydrogen-bond donors (Lipinski definition) is 1. The Labute approximate surface area is 93.6 Å². The van der Waals surface area contributed by atoms with Gasteiger partial charge in [0.25, 0.3) is 0 Å². The Balaban J connectivity index is 2.11. The first-order chi connectivity index (χ1) is 7.18. The van der Waals surface area contributed by atoms with E-state index in [1.165, 1.54) is 11.8 Å². The molecular weight excluding hydrogens is 212 g/mol. The molecule has 1 N–H and O–H groups in total. The normalized spacial score (nSPS) is 36.8. The molecule has 1 aliphatic heterocycles. The van der Waals surface area contributed by atoms with Crippen molar-refractivity contribution in [1.29, 1.82) is 0 Å². The van der Waals surface area contributed by atoms with Crippen molar-refractivity contribution in [2.75, 3.05) is 5.75 Å². The molecule has 3 atom stereocenters. The molecule has 0 aromatic rings. The molecule has 0 aromatic carbocycles. The molecule has 0 spiro atoms. The number of carboxylic acids is 1. The molecule has 2 aliphatic rings. The molecule has 84 valence electrons. The van der Waals surface area contributed by atoms with Crippen LogP contribution >= 0.6 is 11.8 Å². The van der Waals surface area contributed by atoms with Crippen LogP contribution in [0, 0.1) is 11.8 Å². The Morgan fingerprint density at radius 1 is 1.33 bits per heavy atom. The van der Waals surface area contributed by atoms with Crippen LogP contribution in [0.15, 0.2) is 0 Å². The summed E-state index contributed by atoms with van der Waals surface area (Å²) in [5.41, 5.74) is 0. The molecule has 0 bridgehead atoms. The molecule has 2 fully saturated rings. The summed E-state index contributed by atoms with van der Waals surface area (Å²) in [5, 5.41) is 8.65. The van der Waals surface area contributed by atoms with E-state index in [2.05, 4.69) is 0 Å². The lowest BCUT2D eigenvalue weighted by atomic mass is 9.75. The second-order valence-corrected chi connectivity index (χ2v) is 5.68. The number of Topliss-reactive ketones (excluding diaryl/α,β-unsaturated/α-hetero) is 1. The van der Waals surface area contributed by atoms with E-state index < -0.39 is 5.97 Å². The number of fused-ring (bicyclic) bond motifs is 1. The fraction of sp³-hybridized carbons (Fsp3) is 0.818. The SMILES string of the molecule is O=C(O)C1CC2CCCCC2C(=O)CS1. The molecule has 2 rings (SSSR count).